The zero-order valence-electron chi connectivity index (χ0n) is 16.9. The Bertz CT molecular complexity index is 1380. The second kappa shape index (κ2) is 8.27. The molecule has 1 N–H and O–H groups in total. The average Bonchev–Trinajstić information content (AvgIpc) is 3.19. The maximum Gasteiger partial charge on any atom is 0.332 e. The van der Waals surface area contributed by atoms with E-state index in [0.717, 1.165) is 4.57 Å². The van der Waals surface area contributed by atoms with Crippen molar-refractivity contribution in [2.24, 2.45) is 0 Å². The molecule has 10 heteroatoms. The summed E-state index contributed by atoms with van der Waals surface area (Å²) < 4.78 is 12.4. The van der Waals surface area contributed by atoms with Crippen LogP contribution in [-0.4, -0.2) is 32.3 Å². The molecule has 0 unspecified atom stereocenters. The van der Waals surface area contributed by atoms with Crippen molar-refractivity contribution in [2.45, 2.75) is 20.0 Å². The molecule has 4 aromatic rings. The number of carbonyl (C=O) groups excluding carboxylic acids is 1. The van der Waals surface area contributed by atoms with Gasteiger partial charge in [0.2, 0.25) is 11.8 Å². The largest absolute Gasteiger partial charge is 0.497 e. The molecular weight excluding hydrogens is 402 g/mol. The SMILES string of the molecule is COc1cccc(NC(=O)Cn2c(=O)n(Cc3nc(C)no3)c(=O)c3ccccc32)c1. The lowest BCUT2D eigenvalue weighted by molar-refractivity contribution is -0.116. The Labute approximate surface area is 175 Å². The Kier molecular flexibility index (Phi) is 5.35. The lowest BCUT2D eigenvalue weighted by Crippen LogP contribution is -2.42. The van der Waals surface area contributed by atoms with Crippen LogP contribution in [-0.2, 0) is 17.9 Å². The molecular formula is C21H19N5O5. The first-order valence-corrected chi connectivity index (χ1v) is 9.41. The standard InChI is InChI=1S/C21H19N5O5/c1-13-22-19(31-24-13)12-26-20(28)16-8-3-4-9-17(16)25(21(26)29)11-18(27)23-14-6-5-7-15(10-14)30-2/h3-10H,11-12H2,1-2H3,(H,23,27). The minimum absolute atomic E-state index is 0.124. The summed E-state index contributed by atoms with van der Waals surface area (Å²) in [5.74, 6) is 0.671. The number of benzene rings is 2. The second-order valence-electron chi connectivity index (χ2n) is 6.79. The van der Waals surface area contributed by atoms with E-state index in [9.17, 15) is 14.4 Å². The average molecular weight is 421 g/mol. The number of hydrogen-bond donors (Lipinski definition) is 1. The van der Waals surface area contributed by atoms with Gasteiger partial charge in [-0.25, -0.2) is 4.79 Å². The van der Waals surface area contributed by atoms with E-state index in [1.165, 1.54) is 11.7 Å². The van der Waals surface area contributed by atoms with Gasteiger partial charge in [0.25, 0.3) is 5.56 Å². The van der Waals surface area contributed by atoms with Gasteiger partial charge in [0, 0.05) is 11.8 Å². The fraction of sp³-hybridized carbons (Fsp3) is 0.190. The molecule has 0 aliphatic heterocycles. The number of para-hydroxylation sites is 1. The summed E-state index contributed by atoms with van der Waals surface area (Å²) >= 11 is 0. The van der Waals surface area contributed by atoms with Gasteiger partial charge < -0.3 is 14.6 Å². The molecule has 0 radical (unpaired) electrons. The van der Waals surface area contributed by atoms with Gasteiger partial charge in [0.05, 0.1) is 18.0 Å². The van der Waals surface area contributed by atoms with Crippen LogP contribution in [0.5, 0.6) is 5.75 Å². The van der Waals surface area contributed by atoms with Gasteiger partial charge in [-0.3, -0.25) is 18.7 Å². The lowest BCUT2D eigenvalue weighted by atomic mass is 10.2. The van der Waals surface area contributed by atoms with Crippen LogP contribution in [0.15, 0.2) is 62.6 Å². The summed E-state index contributed by atoms with van der Waals surface area (Å²) in [5, 5.41) is 6.72. The number of nitrogens with one attached hydrogen (secondary N) is 1. The van der Waals surface area contributed by atoms with Crippen molar-refractivity contribution in [3.63, 3.8) is 0 Å². The third-order valence-electron chi connectivity index (χ3n) is 4.65. The molecule has 10 nitrogen and oxygen atoms in total. The Morgan fingerprint density at radius 1 is 1.13 bits per heavy atom. The Morgan fingerprint density at radius 2 is 1.94 bits per heavy atom. The molecule has 4 rings (SSSR count). The van der Waals surface area contributed by atoms with Crippen LogP contribution >= 0.6 is 0 Å². The van der Waals surface area contributed by atoms with Crippen LogP contribution in [0.2, 0.25) is 0 Å². The second-order valence-corrected chi connectivity index (χ2v) is 6.79. The maximum atomic E-state index is 13.1. The number of nitrogens with zero attached hydrogens (tertiary/aromatic N) is 4. The highest BCUT2D eigenvalue weighted by Crippen LogP contribution is 2.17. The molecule has 0 saturated heterocycles. The molecule has 0 aliphatic carbocycles. The predicted octanol–water partition coefficient (Wildman–Crippen LogP) is 1.55. The van der Waals surface area contributed by atoms with E-state index in [1.807, 2.05) is 0 Å². The predicted molar refractivity (Wildman–Crippen MR) is 112 cm³/mol. The van der Waals surface area contributed by atoms with Crippen molar-refractivity contribution < 1.29 is 14.1 Å². The van der Waals surface area contributed by atoms with Crippen LogP contribution in [0.1, 0.15) is 11.7 Å². The minimum atomic E-state index is -0.652. The topological polar surface area (TPSA) is 121 Å². The first-order chi connectivity index (χ1) is 15.0. The highest BCUT2D eigenvalue weighted by atomic mass is 16.5. The van der Waals surface area contributed by atoms with E-state index in [0.29, 0.717) is 28.2 Å². The maximum absolute atomic E-state index is 13.1. The van der Waals surface area contributed by atoms with E-state index in [4.69, 9.17) is 9.26 Å². The van der Waals surface area contributed by atoms with Gasteiger partial charge in [-0.15, -0.1) is 0 Å². The van der Waals surface area contributed by atoms with E-state index in [-0.39, 0.29) is 19.0 Å². The smallest absolute Gasteiger partial charge is 0.332 e. The lowest BCUT2D eigenvalue weighted by Gasteiger charge is -2.13. The van der Waals surface area contributed by atoms with Crippen LogP contribution in [0.25, 0.3) is 10.9 Å². The zero-order valence-corrected chi connectivity index (χ0v) is 16.9. The fourth-order valence-corrected chi connectivity index (χ4v) is 3.25. The number of hydrogen-bond acceptors (Lipinski definition) is 7. The summed E-state index contributed by atoms with van der Waals surface area (Å²) in [6, 6.07) is 13.5. The molecule has 2 heterocycles. The summed E-state index contributed by atoms with van der Waals surface area (Å²) in [6.45, 7) is 1.15. The Morgan fingerprint density at radius 3 is 2.68 bits per heavy atom. The van der Waals surface area contributed by atoms with Crippen LogP contribution in [0.4, 0.5) is 5.69 Å². The molecule has 0 atom stereocenters. The number of ether oxygens (including phenoxy) is 1. The number of amides is 1. The zero-order chi connectivity index (χ0) is 22.0. The monoisotopic (exact) mass is 421 g/mol. The molecule has 2 aromatic heterocycles. The third kappa shape index (κ3) is 4.08. The summed E-state index contributed by atoms with van der Waals surface area (Å²) in [5.41, 5.74) is -0.270. The normalized spacial score (nSPS) is 10.9. The Balaban J connectivity index is 1.73. The molecule has 0 fully saturated rings. The number of aromatic nitrogens is 4. The minimum Gasteiger partial charge on any atom is -0.497 e. The molecule has 2 aromatic carbocycles. The van der Waals surface area contributed by atoms with Gasteiger partial charge in [0.15, 0.2) is 5.82 Å². The molecule has 158 valence electrons. The van der Waals surface area contributed by atoms with E-state index in [2.05, 4.69) is 15.5 Å². The van der Waals surface area contributed by atoms with Gasteiger partial charge in [0.1, 0.15) is 18.8 Å². The molecule has 0 saturated carbocycles. The van der Waals surface area contributed by atoms with Crippen LogP contribution in [0, 0.1) is 6.92 Å². The van der Waals surface area contributed by atoms with Gasteiger partial charge >= 0.3 is 5.69 Å². The van der Waals surface area contributed by atoms with Crippen molar-refractivity contribution in [2.75, 3.05) is 12.4 Å². The quantitative estimate of drug-likeness (QED) is 0.501. The highest BCUT2D eigenvalue weighted by Gasteiger charge is 2.17. The van der Waals surface area contributed by atoms with E-state index in [1.54, 1.807) is 55.5 Å². The van der Waals surface area contributed by atoms with Gasteiger partial charge in [-0.1, -0.05) is 23.4 Å². The number of aryl methyl sites for hydroxylation is 1. The molecule has 0 spiro atoms. The summed E-state index contributed by atoms with van der Waals surface area (Å²) in [7, 11) is 1.53. The van der Waals surface area contributed by atoms with Crippen molar-refractivity contribution in [1.82, 2.24) is 19.3 Å². The molecule has 0 bridgehead atoms. The first kappa shape index (κ1) is 20.1. The summed E-state index contributed by atoms with van der Waals surface area (Å²) in [4.78, 5) is 42.8. The first-order valence-electron chi connectivity index (χ1n) is 9.41. The van der Waals surface area contributed by atoms with E-state index < -0.39 is 17.2 Å². The van der Waals surface area contributed by atoms with Crippen molar-refractivity contribution >= 4 is 22.5 Å². The van der Waals surface area contributed by atoms with Crippen LogP contribution < -0.4 is 21.3 Å². The highest BCUT2D eigenvalue weighted by molar-refractivity contribution is 5.91. The fourth-order valence-electron chi connectivity index (χ4n) is 3.25. The summed E-state index contributed by atoms with van der Waals surface area (Å²) in [6.07, 6.45) is 0. The Hall–Kier alpha value is -4.21. The van der Waals surface area contributed by atoms with E-state index >= 15 is 0 Å². The number of carbonyl (C=O) groups is 1. The molecule has 0 aliphatic rings. The molecule has 1 amide bonds. The van der Waals surface area contributed by atoms with Crippen molar-refractivity contribution in [3.05, 3.63) is 81.1 Å². The van der Waals surface area contributed by atoms with Crippen molar-refractivity contribution in [3.8, 4) is 5.75 Å². The number of anilines is 1. The van der Waals surface area contributed by atoms with Gasteiger partial charge in [-0.2, -0.15) is 4.98 Å². The number of fused-ring (bicyclic) bond motifs is 1. The number of rotatable bonds is 6. The van der Waals surface area contributed by atoms with Crippen LogP contribution in [0.3, 0.4) is 0 Å². The van der Waals surface area contributed by atoms with Crippen molar-refractivity contribution in [1.29, 1.82) is 0 Å². The molecule has 31 heavy (non-hydrogen) atoms. The number of methoxy groups -OCH3 is 1. The van der Waals surface area contributed by atoms with Gasteiger partial charge in [-0.05, 0) is 31.2 Å². The third-order valence-corrected chi connectivity index (χ3v) is 4.65.